The van der Waals surface area contributed by atoms with Gasteiger partial charge in [0.1, 0.15) is 5.65 Å². The Morgan fingerprint density at radius 1 is 0.800 bits per heavy atom. The third-order valence-electron chi connectivity index (χ3n) is 4.15. The molecular weight excluding hydrogens is 310 g/mol. The molecule has 0 radical (unpaired) electrons. The second-order valence-electron chi connectivity index (χ2n) is 6.15. The largest absolute Gasteiger partial charge is 0.307 e. The first-order valence-corrected chi connectivity index (χ1v) is 8.15. The topological polar surface area (TPSA) is 58.6 Å². The molecule has 0 fully saturated rings. The number of pyridine rings is 3. The summed E-state index contributed by atoms with van der Waals surface area (Å²) in [7, 11) is 0. The van der Waals surface area contributed by atoms with Crippen LogP contribution >= 0.6 is 0 Å². The average Bonchev–Trinajstić information content (AvgIpc) is 2.60. The van der Waals surface area contributed by atoms with Gasteiger partial charge in [-0.1, -0.05) is 30.3 Å². The van der Waals surface area contributed by atoms with Crippen LogP contribution in [-0.4, -0.2) is 15.0 Å². The van der Waals surface area contributed by atoms with Crippen molar-refractivity contribution in [1.82, 2.24) is 15.0 Å². The van der Waals surface area contributed by atoms with Gasteiger partial charge in [0.25, 0.3) is 0 Å². The van der Waals surface area contributed by atoms with Gasteiger partial charge >= 0.3 is 0 Å². The lowest BCUT2D eigenvalue weighted by atomic mass is 9.97. The normalized spacial score (nSPS) is 11.0. The quantitative estimate of drug-likeness (QED) is 0.598. The fourth-order valence-corrected chi connectivity index (χ4v) is 3.11. The van der Waals surface area contributed by atoms with E-state index in [1.807, 2.05) is 44.2 Å². The van der Waals surface area contributed by atoms with Crippen LogP contribution < -0.4 is 5.56 Å². The molecule has 4 rings (SSSR count). The fraction of sp³-hybridized carbons (Fsp3) is 0.0952. The number of H-pyrrole nitrogens is 1. The van der Waals surface area contributed by atoms with Crippen LogP contribution in [0.5, 0.6) is 0 Å². The van der Waals surface area contributed by atoms with Crippen molar-refractivity contribution in [2.24, 2.45) is 0 Å². The van der Waals surface area contributed by atoms with Crippen molar-refractivity contribution in [1.29, 1.82) is 0 Å². The maximum Gasteiger partial charge on any atom is 0.249 e. The van der Waals surface area contributed by atoms with Crippen LogP contribution in [0.2, 0.25) is 0 Å². The molecule has 0 unspecified atom stereocenters. The monoisotopic (exact) mass is 327 g/mol. The van der Waals surface area contributed by atoms with Crippen molar-refractivity contribution in [3.05, 3.63) is 82.4 Å². The van der Waals surface area contributed by atoms with Gasteiger partial charge in [0.2, 0.25) is 5.56 Å². The third kappa shape index (κ3) is 2.94. The number of rotatable bonds is 2. The summed E-state index contributed by atoms with van der Waals surface area (Å²) in [4.78, 5) is 23.7. The molecule has 0 atom stereocenters. The van der Waals surface area contributed by atoms with Crippen LogP contribution in [0.4, 0.5) is 0 Å². The predicted molar refractivity (Wildman–Crippen MR) is 101 cm³/mol. The number of aromatic nitrogens is 3. The van der Waals surface area contributed by atoms with Gasteiger partial charge < -0.3 is 4.98 Å². The molecule has 0 spiro atoms. The van der Waals surface area contributed by atoms with Crippen LogP contribution in [0.15, 0.2) is 65.5 Å². The Balaban J connectivity index is 2.07. The van der Waals surface area contributed by atoms with E-state index < -0.39 is 0 Å². The molecule has 0 saturated heterocycles. The lowest BCUT2D eigenvalue weighted by Gasteiger charge is -2.12. The summed E-state index contributed by atoms with van der Waals surface area (Å²) in [6.07, 6.45) is 0. The molecular formula is C21H17N3O. The summed E-state index contributed by atoms with van der Waals surface area (Å²) < 4.78 is 0. The van der Waals surface area contributed by atoms with E-state index in [1.54, 1.807) is 6.07 Å². The first-order valence-electron chi connectivity index (χ1n) is 8.15. The standard InChI is InChI=1S/C21H17N3O/c1-13-10-17(11-14(2)22-13)18-12-16-8-9-19(25)23-21(16)24-20(18)15-6-4-3-5-7-15/h3-12H,1-2H3,(H,23,24,25). The van der Waals surface area contributed by atoms with Gasteiger partial charge in [0.05, 0.1) is 5.69 Å². The Morgan fingerprint density at radius 2 is 1.52 bits per heavy atom. The van der Waals surface area contributed by atoms with Crippen molar-refractivity contribution in [3.8, 4) is 22.4 Å². The van der Waals surface area contributed by atoms with Gasteiger partial charge in [-0.2, -0.15) is 0 Å². The Kier molecular flexibility index (Phi) is 3.65. The molecule has 122 valence electrons. The van der Waals surface area contributed by atoms with Crippen molar-refractivity contribution < 1.29 is 0 Å². The summed E-state index contributed by atoms with van der Waals surface area (Å²) >= 11 is 0. The van der Waals surface area contributed by atoms with Gasteiger partial charge in [0, 0.05) is 34.0 Å². The molecule has 0 aliphatic rings. The number of nitrogens with one attached hydrogen (secondary N) is 1. The first kappa shape index (κ1) is 15.3. The smallest absolute Gasteiger partial charge is 0.249 e. The van der Waals surface area contributed by atoms with E-state index >= 15 is 0 Å². The Bertz CT molecular complexity index is 1110. The SMILES string of the molecule is Cc1cc(-c2cc3ccc(=O)[nH]c3nc2-c2ccccc2)cc(C)n1. The highest BCUT2D eigenvalue weighted by atomic mass is 16.1. The zero-order valence-corrected chi connectivity index (χ0v) is 14.1. The molecule has 4 aromatic rings. The number of benzene rings is 1. The van der Waals surface area contributed by atoms with Crippen LogP contribution in [0, 0.1) is 13.8 Å². The average molecular weight is 327 g/mol. The van der Waals surface area contributed by atoms with E-state index in [4.69, 9.17) is 4.98 Å². The van der Waals surface area contributed by atoms with E-state index in [0.29, 0.717) is 5.65 Å². The number of aryl methyl sites for hydroxylation is 2. The minimum atomic E-state index is -0.151. The van der Waals surface area contributed by atoms with E-state index in [-0.39, 0.29) is 5.56 Å². The first-order chi connectivity index (χ1) is 12.1. The summed E-state index contributed by atoms with van der Waals surface area (Å²) in [5.41, 5.74) is 6.34. The Hall–Kier alpha value is -3.27. The molecule has 0 aliphatic heterocycles. The summed E-state index contributed by atoms with van der Waals surface area (Å²) in [5, 5.41) is 0.904. The van der Waals surface area contributed by atoms with Crippen LogP contribution in [0.3, 0.4) is 0 Å². The van der Waals surface area contributed by atoms with Gasteiger partial charge in [-0.05, 0) is 43.7 Å². The van der Waals surface area contributed by atoms with Crippen molar-refractivity contribution >= 4 is 11.0 Å². The Labute approximate surface area is 145 Å². The zero-order chi connectivity index (χ0) is 17.4. The molecule has 0 amide bonds. The minimum Gasteiger partial charge on any atom is -0.307 e. The van der Waals surface area contributed by atoms with Crippen LogP contribution in [0.25, 0.3) is 33.4 Å². The molecule has 0 saturated carbocycles. The van der Waals surface area contributed by atoms with Gasteiger partial charge in [-0.3, -0.25) is 9.78 Å². The molecule has 1 N–H and O–H groups in total. The lowest BCUT2D eigenvalue weighted by molar-refractivity contribution is 1.12. The highest BCUT2D eigenvalue weighted by Gasteiger charge is 2.12. The van der Waals surface area contributed by atoms with Crippen molar-refractivity contribution in [2.45, 2.75) is 13.8 Å². The van der Waals surface area contributed by atoms with Gasteiger partial charge in [-0.15, -0.1) is 0 Å². The number of nitrogens with zero attached hydrogens (tertiary/aromatic N) is 2. The van der Waals surface area contributed by atoms with Crippen molar-refractivity contribution in [3.63, 3.8) is 0 Å². The zero-order valence-electron chi connectivity index (χ0n) is 14.1. The molecule has 0 bridgehead atoms. The number of aromatic amines is 1. The molecule has 0 aliphatic carbocycles. The maximum atomic E-state index is 11.7. The predicted octanol–water partition coefficient (Wildman–Crippen LogP) is 4.27. The highest BCUT2D eigenvalue weighted by Crippen LogP contribution is 2.33. The van der Waals surface area contributed by atoms with Gasteiger partial charge in [-0.25, -0.2) is 4.98 Å². The second-order valence-corrected chi connectivity index (χ2v) is 6.15. The number of hydrogen-bond acceptors (Lipinski definition) is 3. The molecule has 3 heterocycles. The molecule has 4 nitrogen and oxygen atoms in total. The fourth-order valence-electron chi connectivity index (χ4n) is 3.11. The van der Waals surface area contributed by atoms with Crippen LogP contribution in [-0.2, 0) is 0 Å². The molecule has 25 heavy (non-hydrogen) atoms. The second kappa shape index (κ2) is 5.98. The van der Waals surface area contributed by atoms with Crippen LogP contribution in [0.1, 0.15) is 11.4 Å². The van der Waals surface area contributed by atoms with E-state index in [0.717, 1.165) is 39.2 Å². The number of fused-ring (bicyclic) bond motifs is 1. The van der Waals surface area contributed by atoms with E-state index in [2.05, 4.69) is 28.2 Å². The maximum absolute atomic E-state index is 11.7. The molecule has 4 heteroatoms. The van der Waals surface area contributed by atoms with E-state index in [9.17, 15) is 4.79 Å². The number of hydrogen-bond donors (Lipinski definition) is 1. The van der Waals surface area contributed by atoms with E-state index in [1.165, 1.54) is 6.07 Å². The van der Waals surface area contributed by atoms with Gasteiger partial charge in [0.15, 0.2) is 0 Å². The Morgan fingerprint density at radius 3 is 2.24 bits per heavy atom. The minimum absolute atomic E-state index is 0.151. The molecule has 1 aromatic carbocycles. The third-order valence-corrected chi connectivity index (χ3v) is 4.15. The highest BCUT2D eigenvalue weighted by molar-refractivity contribution is 5.90. The summed E-state index contributed by atoms with van der Waals surface area (Å²) in [5.74, 6) is 0. The lowest BCUT2D eigenvalue weighted by Crippen LogP contribution is -2.04. The molecule has 3 aromatic heterocycles. The van der Waals surface area contributed by atoms with Crippen molar-refractivity contribution in [2.75, 3.05) is 0 Å². The summed E-state index contributed by atoms with van der Waals surface area (Å²) in [6, 6.07) is 19.5. The summed E-state index contributed by atoms with van der Waals surface area (Å²) in [6.45, 7) is 3.98.